The van der Waals surface area contributed by atoms with Crippen molar-refractivity contribution < 1.29 is 13.2 Å². The second-order valence-electron chi connectivity index (χ2n) is 7.86. The highest BCUT2D eigenvalue weighted by molar-refractivity contribution is 7.89. The normalized spacial score (nSPS) is 11.6. The van der Waals surface area contributed by atoms with E-state index in [1.807, 2.05) is 62.4 Å². The Morgan fingerprint density at radius 1 is 0.912 bits per heavy atom. The van der Waals surface area contributed by atoms with Crippen molar-refractivity contribution in [2.24, 2.45) is 0 Å². The summed E-state index contributed by atoms with van der Waals surface area (Å²) < 4.78 is 28.3. The molecule has 0 aliphatic rings. The van der Waals surface area contributed by atoms with Crippen molar-refractivity contribution in [1.29, 1.82) is 0 Å². The Bertz CT molecular complexity index is 1230. The predicted molar refractivity (Wildman–Crippen MR) is 139 cm³/mol. The standard InChI is InChI=1S/C26H28Cl2N2O3S/c1-3-20-11-8-12-21(4-2)26(20)29-25(31)18-30(16-15-19-9-6-5-7-10-19)34(32,33)24-17-22(27)13-14-23(24)28/h5-14,17H,3-4,15-16,18H2,1-2H3,(H,29,31). The van der Waals surface area contributed by atoms with Crippen LogP contribution in [-0.4, -0.2) is 31.7 Å². The first-order valence-electron chi connectivity index (χ1n) is 11.2. The van der Waals surface area contributed by atoms with E-state index >= 15 is 0 Å². The van der Waals surface area contributed by atoms with Crippen molar-refractivity contribution in [1.82, 2.24) is 4.31 Å². The summed E-state index contributed by atoms with van der Waals surface area (Å²) in [5, 5.41) is 3.26. The molecule has 0 bridgehead atoms. The van der Waals surface area contributed by atoms with Crippen LogP contribution in [0.25, 0.3) is 0 Å². The van der Waals surface area contributed by atoms with Crippen LogP contribution in [0.2, 0.25) is 10.0 Å². The molecule has 0 fully saturated rings. The van der Waals surface area contributed by atoms with Gasteiger partial charge in [-0.3, -0.25) is 4.79 Å². The third-order valence-electron chi connectivity index (χ3n) is 5.59. The SMILES string of the molecule is CCc1cccc(CC)c1NC(=O)CN(CCc1ccccc1)S(=O)(=O)c1cc(Cl)ccc1Cl. The number of benzene rings is 3. The molecule has 0 saturated heterocycles. The quantitative estimate of drug-likeness (QED) is 0.358. The Morgan fingerprint density at radius 3 is 2.18 bits per heavy atom. The molecule has 0 radical (unpaired) electrons. The van der Waals surface area contributed by atoms with E-state index in [1.165, 1.54) is 18.2 Å². The van der Waals surface area contributed by atoms with E-state index in [0.717, 1.165) is 39.5 Å². The van der Waals surface area contributed by atoms with Gasteiger partial charge in [-0.25, -0.2) is 8.42 Å². The molecule has 0 spiro atoms. The van der Waals surface area contributed by atoms with Crippen molar-refractivity contribution in [3.8, 4) is 0 Å². The van der Waals surface area contributed by atoms with Crippen LogP contribution in [0.5, 0.6) is 0 Å². The van der Waals surface area contributed by atoms with Gasteiger partial charge < -0.3 is 5.32 Å². The number of nitrogens with one attached hydrogen (secondary N) is 1. The number of nitrogens with zero attached hydrogens (tertiary/aromatic N) is 1. The predicted octanol–water partition coefficient (Wildman–Crippen LogP) is 5.99. The number of amides is 1. The Morgan fingerprint density at radius 2 is 1.56 bits per heavy atom. The lowest BCUT2D eigenvalue weighted by Gasteiger charge is -2.23. The monoisotopic (exact) mass is 518 g/mol. The fourth-order valence-electron chi connectivity index (χ4n) is 3.74. The number of hydrogen-bond acceptors (Lipinski definition) is 3. The molecule has 1 N–H and O–H groups in total. The van der Waals surface area contributed by atoms with Crippen LogP contribution in [-0.2, 0) is 34.1 Å². The van der Waals surface area contributed by atoms with Crippen molar-refractivity contribution >= 4 is 44.8 Å². The molecule has 3 rings (SSSR count). The molecular formula is C26H28Cl2N2O3S. The van der Waals surface area contributed by atoms with Gasteiger partial charge in [0.15, 0.2) is 0 Å². The van der Waals surface area contributed by atoms with E-state index in [-0.39, 0.29) is 28.0 Å². The second-order valence-corrected chi connectivity index (χ2v) is 10.6. The summed E-state index contributed by atoms with van der Waals surface area (Å²) in [7, 11) is -4.09. The zero-order valence-electron chi connectivity index (χ0n) is 19.2. The molecule has 0 saturated carbocycles. The lowest BCUT2D eigenvalue weighted by molar-refractivity contribution is -0.116. The minimum absolute atomic E-state index is 0.0547. The summed E-state index contributed by atoms with van der Waals surface area (Å²) in [5.74, 6) is -0.412. The Hall–Kier alpha value is -2.38. The average molecular weight is 519 g/mol. The number of aryl methyl sites for hydroxylation is 2. The zero-order chi connectivity index (χ0) is 24.7. The summed E-state index contributed by atoms with van der Waals surface area (Å²) in [6, 6.07) is 19.7. The summed E-state index contributed by atoms with van der Waals surface area (Å²) in [5.41, 5.74) is 3.72. The van der Waals surface area contributed by atoms with Crippen LogP contribution in [0.15, 0.2) is 71.6 Å². The first kappa shape index (κ1) is 26.2. The number of carbonyl (C=O) groups excluding carboxylic acids is 1. The van der Waals surface area contributed by atoms with Crippen LogP contribution in [0, 0.1) is 0 Å². The molecule has 0 unspecified atom stereocenters. The number of sulfonamides is 1. The molecule has 3 aromatic rings. The number of hydrogen-bond donors (Lipinski definition) is 1. The maximum atomic E-state index is 13.6. The molecule has 180 valence electrons. The molecule has 3 aromatic carbocycles. The average Bonchev–Trinajstić information content (AvgIpc) is 2.83. The minimum Gasteiger partial charge on any atom is -0.324 e. The third-order valence-corrected chi connectivity index (χ3v) is 8.15. The lowest BCUT2D eigenvalue weighted by atomic mass is 10.0. The molecule has 0 aromatic heterocycles. The molecule has 0 aliphatic carbocycles. The lowest BCUT2D eigenvalue weighted by Crippen LogP contribution is -2.39. The Kier molecular flexibility index (Phi) is 9.14. The fourth-order valence-corrected chi connectivity index (χ4v) is 5.87. The van der Waals surface area contributed by atoms with E-state index < -0.39 is 15.9 Å². The maximum Gasteiger partial charge on any atom is 0.245 e. The number of rotatable bonds is 10. The summed E-state index contributed by atoms with van der Waals surface area (Å²) in [6.45, 7) is 3.79. The van der Waals surface area contributed by atoms with Gasteiger partial charge in [0, 0.05) is 17.3 Å². The molecule has 1 amide bonds. The fraction of sp³-hybridized carbons (Fsp3) is 0.269. The molecular weight excluding hydrogens is 491 g/mol. The highest BCUT2D eigenvalue weighted by Gasteiger charge is 2.29. The zero-order valence-corrected chi connectivity index (χ0v) is 21.6. The van der Waals surface area contributed by atoms with E-state index in [9.17, 15) is 13.2 Å². The van der Waals surface area contributed by atoms with Crippen molar-refractivity contribution in [2.45, 2.75) is 38.0 Å². The summed E-state index contributed by atoms with van der Waals surface area (Å²) in [4.78, 5) is 13.0. The minimum atomic E-state index is -4.09. The molecule has 0 aliphatic heterocycles. The third kappa shape index (κ3) is 6.39. The smallest absolute Gasteiger partial charge is 0.245 e. The first-order chi connectivity index (χ1) is 16.3. The molecule has 0 heterocycles. The number of anilines is 1. The highest BCUT2D eigenvalue weighted by atomic mass is 35.5. The first-order valence-corrected chi connectivity index (χ1v) is 13.4. The van der Waals surface area contributed by atoms with Gasteiger partial charge in [-0.15, -0.1) is 0 Å². The molecule has 0 atom stereocenters. The largest absolute Gasteiger partial charge is 0.324 e. The van der Waals surface area contributed by atoms with Gasteiger partial charge in [-0.05, 0) is 54.2 Å². The number of halogens is 2. The van der Waals surface area contributed by atoms with Crippen molar-refractivity contribution in [3.63, 3.8) is 0 Å². The second kappa shape index (κ2) is 11.8. The van der Waals surface area contributed by atoms with Gasteiger partial charge in [-0.2, -0.15) is 4.31 Å². The van der Waals surface area contributed by atoms with E-state index in [2.05, 4.69) is 5.32 Å². The molecule has 34 heavy (non-hydrogen) atoms. The Balaban J connectivity index is 1.91. The van der Waals surface area contributed by atoms with Crippen molar-refractivity contribution in [2.75, 3.05) is 18.4 Å². The summed E-state index contributed by atoms with van der Waals surface area (Å²) in [6.07, 6.45) is 1.94. The van der Waals surface area contributed by atoms with E-state index in [0.29, 0.717) is 6.42 Å². The molecule has 5 nitrogen and oxygen atoms in total. The van der Waals surface area contributed by atoms with Crippen LogP contribution in [0.4, 0.5) is 5.69 Å². The highest BCUT2D eigenvalue weighted by Crippen LogP contribution is 2.28. The van der Waals surface area contributed by atoms with Crippen LogP contribution >= 0.6 is 23.2 Å². The van der Waals surface area contributed by atoms with Crippen molar-refractivity contribution in [3.05, 3.63) is 93.5 Å². The van der Waals surface area contributed by atoms with E-state index in [1.54, 1.807) is 0 Å². The maximum absolute atomic E-state index is 13.6. The summed E-state index contributed by atoms with van der Waals surface area (Å²) >= 11 is 12.3. The number of carbonyl (C=O) groups is 1. The van der Waals surface area contributed by atoms with Crippen LogP contribution in [0.3, 0.4) is 0 Å². The van der Waals surface area contributed by atoms with Crippen LogP contribution in [0.1, 0.15) is 30.5 Å². The van der Waals surface area contributed by atoms with E-state index in [4.69, 9.17) is 23.2 Å². The molecule has 8 heteroatoms. The van der Waals surface area contributed by atoms with Gasteiger partial charge in [0.2, 0.25) is 15.9 Å². The Labute approximate surface area is 211 Å². The van der Waals surface area contributed by atoms with Gasteiger partial charge in [0.25, 0.3) is 0 Å². The van der Waals surface area contributed by atoms with Gasteiger partial charge in [0.1, 0.15) is 4.90 Å². The van der Waals surface area contributed by atoms with Crippen LogP contribution < -0.4 is 5.32 Å². The van der Waals surface area contributed by atoms with Gasteiger partial charge in [0.05, 0.1) is 11.6 Å². The number of para-hydroxylation sites is 1. The van der Waals surface area contributed by atoms with Gasteiger partial charge in [-0.1, -0.05) is 85.6 Å². The topological polar surface area (TPSA) is 66.5 Å². The van der Waals surface area contributed by atoms with Gasteiger partial charge >= 0.3 is 0 Å².